The van der Waals surface area contributed by atoms with E-state index in [1.165, 1.54) is 13.2 Å². The number of ether oxygens (including phenoxy) is 4. The first-order chi connectivity index (χ1) is 23.9. The van der Waals surface area contributed by atoms with Crippen LogP contribution in [0.25, 0.3) is 33.7 Å². The Morgan fingerprint density at radius 1 is 1.06 bits per heavy atom. The van der Waals surface area contributed by atoms with Gasteiger partial charge in [-0.25, -0.2) is 14.2 Å². The summed E-state index contributed by atoms with van der Waals surface area (Å²) in [6.07, 6.45) is 2.48. The lowest BCUT2D eigenvalue weighted by molar-refractivity contribution is -0.164. The Hall–Kier alpha value is -4.07. The molecule has 3 aliphatic heterocycles. The predicted octanol–water partition coefficient (Wildman–Crippen LogP) is 5.70. The van der Waals surface area contributed by atoms with E-state index in [2.05, 4.69) is 15.0 Å². The average molecular weight is 691 g/mol. The Kier molecular flexibility index (Phi) is 9.33. The number of carbonyl (C=O) groups is 1. The summed E-state index contributed by atoms with van der Waals surface area (Å²) >= 11 is 0. The lowest BCUT2D eigenvalue weighted by Gasteiger charge is -2.40. The molecule has 0 spiro atoms. The number of benzene rings is 1. The molecule has 268 valence electrons. The lowest BCUT2D eigenvalue weighted by atomic mass is 9.86. The average Bonchev–Trinajstić information content (AvgIpc) is 3.73. The number of nitrogens with zero attached hydrogens (tertiary/aromatic N) is 6. The number of pyridine rings is 1. The van der Waals surface area contributed by atoms with Gasteiger partial charge in [-0.1, -0.05) is 0 Å². The van der Waals surface area contributed by atoms with Crippen LogP contribution in [0.2, 0.25) is 0 Å². The van der Waals surface area contributed by atoms with Gasteiger partial charge < -0.3 is 32.9 Å². The van der Waals surface area contributed by atoms with Crippen LogP contribution < -0.4 is 9.64 Å². The molecule has 3 aromatic heterocycles. The van der Waals surface area contributed by atoms with Gasteiger partial charge in [0.2, 0.25) is 0 Å². The lowest BCUT2D eigenvalue weighted by Crippen LogP contribution is -2.51. The van der Waals surface area contributed by atoms with Crippen molar-refractivity contribution in [1.29, 1.82) is 0 Å². The highest BCUT2D eigenvalue weighted by Crippen LogP contribution is 2.45. The normalized spacial score (nSPS) is 18.3. The van der Waals surface area contributed by atoms with E-state index >= 15 is 4.39 Å². The molecule has 0 amide bonds. The summed E-state index contributed by atoms with van der Waals surface area (Å²) in [7, 11) is 3.23. The van der Waals surface area contributed by atoms with Crippen molar-refractivity contribution >= 4 is 23.0 Å². The molecule has 2 saturated heterocycles. The fourth-order valence-electron chi connectivity index (χ4n) is 7.66. The van der Waals surface area contributed by atoms with Gasteiger partial charge in [-0.05, 0) is 88.7 Å². The number of halogens is 1. The van der Waals surface area contributed by atoms with Crippen LogP contribution in [-0.4, -0.2) is 95.3 Å². The minimum atomic E-state index is -1.12. The van der Waals surface area contributed by atoms with E-state index in [0.29, 0.717) is 70.0 Å². The maximum Gasteiger partial charge on any atom is 0.339 e. The maximum absolute atomic E-state index is 15.9. The zero-order chi connectivity index (χ0) is 35.3. The van der Waals surface area contributed by atoms with Crippen molar-refractivity contribution in [2.24, 2.45) is 7.05 Å². The van der Waals surface area contributed by atoms with Crippen LogP contribution >= 0.6 is 0 Å². The number of aromatic nitrogens is 4. The molecular weight excluding hydrogens is 643 g/mol. The standard InChI is InChI=1S/C37H47FN6O6/c1-21-24-9-8-16-48-31(24)27(38)19-25(21)30-26-20-28(42(6)33(26)39-22(2)29(30)32(35(45)46-7)49-37(3,4)5)34-40-36(41-50-34)44-14-12-43(13-15-44)23-10-17-47-18-11-23/h19-20,23,32H,8-18H2,1-7H3/t32-/m0/s1. The molecule has 0 radical (unpaired) electrons. The molecule has 1 atom stereocenters. The first-order valence-corrected chi connectivity index (χ1v) is 17.6. The molecule has 4 aromatic rings. The Bertz CT molecular complexity index is 1900. The summed E-state index contributed by atoms with van der Waals surface area (Å²) in [5, 5.41) is 5.07. The summed E-state index contributed by atoms with van der Waals surface area (Å²) in [6, 6.07) is 3.99. The third-order valence-electron chi connectivity index (χ3n) is 10.2. The summed E-state index contributed by atoms with van der Waals surface area (Å²) in [4.78, 5) is 28.0. The van der Waals surface area contributed by atoms with Gasteiger partial charge in [0.05, 0.1) is 19.3 Å². The van der Waals surface area contributed by atoms with Gasteiger partial charge in [-0.3, -0.25) is 4.90 Å². The van der Waals surface area contributed by atoms with E-state index in [1.54, 1.807) is 0 Å². The number of carbonyl (C=O) groups excluding carboxylic acids is 1. The van der Waals surface area contributed by atoms with Gasteiger partial charge in [0.15, 0.2) is 17.7 Å². The number of fused-ring (bicyclic) bond motifs is 2. The number of aryl methyl sites for hydroxylation is 2. The van der Waals surface area contributed by atoms with Crippen molar-refractivity contribution < 1.29 is 32.7 Å². The van der Waals surface area contributed by atoms with Crippen LogP contribution in [0.15, 0.2) is 16.7 Å². The molecule has 12 nitrogen and oxygen atoms in total. The zero-order valence-corrected chi connectivity index (χ0v) is 30.1. The Morgan fingerprint density at radius 3 is 2.50 bits per heavy atom. The van der Waals surface area contributed by atoms with E-state index in [9.17, 15) is 4.79 Å². The van der Waals surface area contributed by atoms with E-state index in [-0.39, 0.29) is 5.75 Å². The highest BCUT2D eigenvalue weighted by molar-refractivity contribution is 6.01. The zero-order valence-electron chi connectivity index (χ0n) is 30.1. The summed E-state index contributed by atoms with van der Waals surface area (Å²) < 4.78 is 46.7. The highest BCUT2D eigenvalue weighted by Gasteiger charge is 2.36. The van der Waals surface area contributed by atoms with Gasteiger partial charge in [0.25, 0.3) is 11.8 Å². The third kappa shape index (κ3) is 6.35. The topological polar surface area (TPSA) is 117 Å². The number of anilines is 1. The van der Waals surface area contributed by atoms with Gasteiger partial charge in [-0.2, -0.15) is 4.98 Å². The SMILES string of the molecule is COC(=O)[C@@H](OC(C)(C)C)c1c(C)nc2c(cc(-c3nc(N4CCN(C5CCOCC5)CC4)no3)n2C)c1-c1cc(F)c2c(c1C)CCCO2. The smallest absolute Gasteiger partial charge is 0.339 e. The van der Waals surface area contributed by atoms with Crippen LogP contribution in [0.1, 0.15) is 68.5 Å². The quantitative estimate of drug-likeness (QED) is 0.222. The van der Waals surface area contributed by atoms with E-state index < -0.39 is 23.5 Å². The Morgan fingerprint density at radius 2 is 1.80 bits per heavy atom. The molecular formula is C37H47FN6O6. The number of hydrogen-bond donors (Lipinski definition) is 0. The molecule has 2 fully saturated rings. The second kappa shape index (κ2) is 13.6. The van der Waals surface area contributed by atoms with Crippen molar-refractivity contribution in [3.8, 4) is 28.5 Å². The van der Waals surface area contributed by atoms with Gasteiger partial charge in [0, 0.05) is 80.3 Å². The van der Waals surface area contributed by atoms with Crippen molar-refractivity contribution in [2.45, 2.75) is 78.0 Å². The molecule has 3 aliphatic rings. The first kappa shape index (κ1) is 34.4. The van der Waals surface area contributed by atoms with Crippen molar-refractivity contribution in [1.82, 2.24) is 24.6 Å². The third-order valence-corrected chi connectivity index (χ3v) is 10.2. The van der Waals surface area contributed by atoms with Crippen LogP contribution in [0.3, 0.4) is 0 Å². The Balaban J connectivity index is 1.34. The fraction of sp³-hybridized carbons (Fsp3) is 0.568. The van der Waals surface area contributed by atoms with E-state index in [0.717, 1.165) is 69.8 Å². The molecule has 0 unspecified atom stereocenters. The minimum Gasteiger partial charge on any atom is -0.490 e. The second-order valence-corrected chi connectivity index (χ2v) is 14.5. The minimum absolute atomic E-state index is 0.289. The Labute approximate surface area is 291 Å². The van der Waals surface area contributed by atoms with E-state index in [4.69, 9.17) is 33.4 Å². The summed E-state index contributed by atoms with van der Waals surface area (Å²) in [5.74, 6) is 0.153. The summed E-state index contributed by atoms with van der Waals surface area (Å²) in [6.45, 7) is 15.0. The van der Waals surface area contributed by atoms with Gasteiger partial charge in [-0.15, -0.1) is 0 Å². The first-order valence-electron chi connectivity index (χ1n) is 17.6. The predicted molar refractivity (Wildman–Crippen MR) is 186 cm³/mol. The molecule has 13 heteroatoms. The molecule has 1 aromatic carbocycles. The number of rotatable bonds is 7. The van der Waals surface area contributed by atoms with Crippen LogP contribution in [0.5, 0.6) is 5.75 Å². The van der Waals surface area contributed by atoms with Gasteiger partial charge in [0.1, 0.15) is 11.3 Å². The van der Waals surface area contributed by atoms with Gasteiger partial charge >= 0.3 is 5.97 Å². The number of esters is 1. The molecule has 0 saturated carbocycles. The number of hydrogen-bond acceptors (Lipinski definition) is 11. The molecule has 0 N–H and O–H groups in total. The molecule has 7 rings (SSSR count). The largest absolute Gasteiger partial charge is 0.490 e. The van der Waals surface area contributed by atoms with Crippen LogP contribution in [0.4, 0.5) is 10.3 Å². The van der Waals surface area contributed by atoms with E-state index in [1.807, 2.05) is 52.3 Å². The monoisotopic (exact) mass is 690 g/mol. The number of methoxy groups -OCH3 is 1. The molecule has 50 heavy (non-hydrogen) atoms. The summed E-state index contributed by atoms with van der Waals surface area (Å²) in [5.41, 5.74) is 4.60. The second-order valence-electron chi connectivity index (χ2n) is 14.5. The van der Waals surface area contributed by atoms with Crippen LogP contribution in [-0.2, 0) is 32.5 Å². The van der Waals surface area contributed by atoms with Crippen molar-refractivity contribution in [2.75, 3.05) is 58.0 Å². The molecule has 0 bridgehead atoms. The van der Waals surface area contributed by atoms with Crippen molar-refractivity contribution in [3.05, 3.63) is 40.3 Å². The maximum atomic E-state index is 15.9. The van der Waals surface area contributed by atoms with Crippen molar-refractivity contribution in [3.63, 3.8) is 0 Å². The highest BCUT2D eigenvalue weighted by atomic mass is 19.1. The molecule has 0 aliphatic carbocycles. The fourth-order valence-corrected chi connectivity index (χ4v) is 7.66. The number of piperazine rings is 1. The van der Waals surface area contributed by atoms with Crippen LogP contribution in [0, 0.1) is 19.7 Å². The molecule has 6 heterocycles.